The second-order valence-corrected chi connectivity index (χ2v) is 7.30. The predicted octanol–water partition coefficient (Wildman–Crippen LogP) is 4.12. The zero-order valence-corrected chi connectivity index (χ0v) is 13.5. The monoisotopic (exact) mass is 309 g/mol. The van der Waals surface area contributed by atoms with E-state index in [9.17, 15) is 0 Å². The van der Waals surface area contributed by atoms with E-state index in [0.29, 0.717) is 5.88 Å². The molecule has 108 valence electrons. The summed E-state index contributed by atoms with van der Waals surface area (Å²) >= 11 is 7.83. The number of hydrogen-bond acceptors (Lipinski definition) is 3. The van der Waals surface area contributed by atoms with Crippen LogP contribution in [0.15, 0.2) is 29.6 Å². The first-order chi connectivity index (χ1) is 9.57. The number of ether oxygens (including phenoxy) is 1. The molecule has 0 radical (unpaired) electrons. The van der Waals surface area contributed by atoms with Crippen LogP contribution < -0.4 is 0 Å². The molecule has 0 amide bonds. The molecular formula is C16H20ClNOS. The van der Waals surface area contributed by atoms with Crippen LogP contribution in [0.5, 0.6) is 0 Å². The highest BCUT2D eigenvalue weighted by Crippen LogP contribution is 2.29. The normalized spacial score (nSPS) is 23.2. The highest BCUT2D eigenvalue weighted by molar-refractivity contribution is 7.17. The fraction of sp³-hybridized carbons (Fsp3) is 0.500. The Hall–Kier alpha value is -0.610. The van der Waals surface area contributed by atoms with Gasteiger partial charge in [-0.25, -0.2) is 0 Å². The van der Waals surface area contributed by atoms with Gasteiger partial charge in [0.05, 0.1) is 11.7 Å². The van der Waals surface area contributed by atoms with Crippen molar-refractivity contribution in [2.75, 3.05) is 19.0 Å². The molecule has 4 heteroatoms. The maximum Gasteiger partial charge on any atom is 0.0845 e. The first-order valence-corrected chi connectivity index (χ1v) is 8.40. The number of nitrogens with zero attached hydrogens (tertiary/aromatic N) is 1. The average Bonchev–Trinajstić information content (AvgIpc) is 2.80. The van der Waals surface area contributed by atoms with Crippen LogP contribution in [0.4, 0.5) is 0 Å². The zero-order chi connectivity index (χ0) is 14.2. The van der Waals surface area contributed by atoms with Gasteiger partial charge in [-0.05, 0) is 36.2 Å². The molecule has 1 aliphatic rings. The third-order valence-corrected chi connectivity index (χ3v) is 5.04. The van der Waals surface area contributed by atoms with Crippen LogP contribution in [0.1, 0.15) is 19.4 Å². The summed E-state index contributed by atoms with van der Waals surface area (Å²) in [5.74, 6) is 0.560. The van der Waals surface area contributed by atoms with Crippen molar-refractivity contribution >= 4 is 33.0 Å². The maximum absolute atomic E-state index is 6.00. The van der Waals surface area contributed by atoms with Crippen molar-refractivity contribution in [2.24, 2.45) is 0 Å². The molecule has 3 rings (SSSR count). The van der Waals surface area contributed by atoms with Crippen molar-refractivity contribution in [3.05, 3.63) is 35.2 Å². The van der Waals surface area contributed by atoms with E-state index in [0.717, 1.165) is 19.6 Å². The molecule has 1 unspecified atom stereocenters. The van der Waals surface area contributed by atoms with Gasteiger partial charge in [0.1, 0.15) is 0 Å². The van der Waals surface area contributed by atoms with Gasteiger partial charge < -0.3 is 4.74 Å². The fourth-order valence-corrected chi connectivity index (χ4v) is 4.13. The first-order valence-electron chi connectivity index (χ1n) is 6.99. The quantitative estimate of drug-likeness (QED) is 0.791. The lowest BCUT2D eigenvalue weighted by Gasteiger charge is -2.42. The Balaban J connectivity index is 1.80. The van der Waals surface area contributed by atoms with Gasteiger partial charge >= 0.3 is 0 Å². The molecular weight excluding hydrogens is 290 g/mol. The van der Waals surface area contributed by atoms with Crippen LogP contribution in [0.2, 0.25) is 0 Å². The topological polar surface area (TPSA) is 12.5 Å². The van der Waals surface area contributed by atoms with E-state index in [1.807, 2.05) is 11.3 Å². The van der Waals surface area contributed by atoms with Gasteiger partial charge in [0.15, 0.2) is 0 Å². The molecule has 0 bridgehead atoms. The Morgan fingerprint density at radius 3 is 3.00 bits per heavy atom. The molecule has 0 aliphatic carbocycles. The third-order valence-electron chi connectivity index (χ3n) is 3.68. The summed E-state index contributed by atoms with van der Waals surface area (Å²) in [4.78, 5) is 2.46. The molecule has 1 aromatic heterocycles. The second kappa shape index (κ2) is 5.64. The minimum absolute atomic E-state index is 0.121. The van der Waals surface area contributed by atoms with Crippen LogP contribution in [0.25, 0.3) is 10.1 Å². The van der Waals surface area contributed by atoms with Gasteiger partial charge in [-0.15, -0.1) is 22.9 Å². The van der Waals surface area contributed by atoms with Crippen molar-refractivity contribution in [3.8, 4) is 0 Å². The lowest BCUT2D eigenvalue weighted by atomic mass is 10.0. The number of rotatable bonds is 3. The number of fused-ring (bicyclic) bond motifs is 1. The smallest absolute Gasteiger partial charge is 0.0845 e. The molecule has 1 saturated heterocycles. The summed E-state index contributed by atoms with van der Waals surface area (Å²) in [5.41, 5.74) is 1.29. The Labute approximate surface area is 129 Å². The van der Waals surface area contributed by atoms with E-state index in [4.69, 9.17) is 16.3 Å². The Kier molecular flexibility index (Phi) is 4.04. The van der Waals surface area contributed by atoms with E-state index >= 15 is 0 Å². The van der Waals surface area contributed by atoms with Gasteiger partial charge in [-0.3, -0.25) is 4.90 Å². The highest BCUT2D eigenvalue weighted by atomic mass is 35.5. The first kappa shape index (κ1) is 14.3. The fourth-order valence-electron chi connectivity index (χ4n) is 3.01. The van der Waals surface area contributed by atoms with Crippen LogP contribution in [-0.4, -0.2) is 35.6 Å². The molecule has 0 N–H and O–H groups in total. The van der Waals surface area contributed by atoms with E-state index in [1.165, 1.54) is 15.6 Å². The van der Waals surface area contributed by atoms with Crippen molar-refractivity contribution in [1.29, 1.82) is 0 Å². The summed E-state index contributed by atoms with van der Waals surface area (Å²) < 4.78 is 7.35. The largest absolute Gasteiger partial charge is 0.368 e. The standard InChI is InChI=1S/C16H20ClNOS/c1-16(2)11-18(9-13(7-17)19-16)8-12-10-20-15-6-4-3-5-14(12)15/h3-6,10,13H,7-9,11H2,1-2H3. The van der Waals surface area contributed by atoms with Gasteiger partial charge in [0.25, 0.3) is 0 Å². The van der Waals surface area contributed by atoms with Crippen LogP contribution >= 0.6 is 22.9 Å². The summed E-state index contributed by atoms with van der Waals surface area (Å²) in [6, 6.07) is 8.62. The lowest BCUT2D eigenvalue weighted by Crippen LogP contribution is -2.52. The second-order valence-electron chi connectivity index (χ2n) is 6.08. The van der Waals surface area contributed by atoms with Crippen molar-refractivity contribution in [3.63, 3.8) is 0 Å². The van der Waals surface area contributed by atoms with Gasteiger partial charge in [-0.1, -0.05) is 18.2 Å². The maximum atomic E-state index is 6.00. The van der Waals surface area contributed by atoms with Crippen molar-refractivity contribution in [1.82, 2.24) is 4.90 Å². The Morgan fingerprint density at radius 1 is 1.40 bits per heavy atom. The van der Waals surface area contributed by atoms with Gasteiger partial charge in [0.2, 0.25) is 0 Å². The molecule has 1 aliphatic heterocycles. The number of halogens is 1. The number of morpholine rings is 1. The molecule has 1 fully saturated rings. The van der Waals surface area contributed by atoms with E-state index in [2.05, 4.69) is 48.4 Å². The van der Waals surface area contributed by atoms with Crippen LogP contribution in [0.3, 0.4) is 0 Å². The molecule has 1 atom stereocenters. The minimum atomic E-state index is -0.121. The summed E-state index contributed by atoms with van der Waals surface area (Å²) in [6.07, 6.45) is 0.130. The summed E-state index contributed by atoms with van der Waals surface area (Å²) in [6.45, 7) is 7.13. The van der Waals surface area contributed by atoms with Gasteiger partial charge in [0, 0.05) is 30.2 Å². The molecule has 2 nitrogen and oxygen atoms in total. The third kappa shape index (κ3) is 3.01. The lowest BCUT2D eigenvalue weighted by molar-refractivity contribution is -0.129. The average molecular weight is 310 g/mol. The molecule has 2 heterocycles. The van der Waals surface area contributed by atoms with Crippen LogP contribution in [-0.2, 0) is 11.3 Å². The van der Waals surface area contributed by atoms with E-state index in [1.54, 1.807) is 0 Å². The Morgan fingerprint density at radius 2 is 2.20 bits per heavy atom. The zero-order valence-electron chi connectivity index (χ0n) is 11.9. The van der Waals surface area contributed by atoms with E-state index < -0.39 is 0 Å². The van der Waals surface area contributed by atoms with Crippen molar-refractivity contribution < 1.29 is 4.74 Å². The highest BCUT2D eigenvalue weighted by Gasteiger charge is 2.33. The molecule has 2 aromatic rings. The Bertz CT molecular complexity index is 595. The number of hydrogen-bond donors (Lipinski definition) is 0. The number of thiophene rings is 1. The molecule has 20 heavy (non-hydrogen) atoms. The van der Waals surface area contributed by atoms with Crippen LogP contribution in [0, 0.1) is 0 Å². The number of benzene rings is 1. The van der Waals surface area contributed by atoms with Gasteiger partial charge in [-0.2, -0.15) is 0 Å². The summed E-state index contributed by atoms with van der Waals surface area (Å²) in [5, 5.41) is 3.66. The molecule has 1 aromatic carbocycles. The predicted molar refractivity (Wildman–Crippen MR) is 86.8 cm³/mol. The molecule has 0 spiro atoms. The molecule has 0 saturated carbocycles. The number of alkyl halides is 1. The minimum Gasteiger partial charge on any atom is -0.368 e. The summed E-state index contributed by atoms with van der Waals surface area (Å²) in [7, 11) is 0. The van der Waals surface area contributed by atoms with Crippen molar-refractivity contribution in [2.45, 2.75) is 32.1 Å². The SMILES string of the molecule is CC1(C)CN(Cc2csc3ccccc23)CC(CCl)O1. The van der Waals surface area contributed by atoms with E-state index in [-0.39, 0.29) is 11.7 Å².